The molecule has 90 valence electrons. The molecule has 0 spiro atoms. The summed E-state index contributed by atoms with van der Waals surface area (Å²) in [5.74, 6) is 0. The number of rotatable bonds is 3. The van der Waals surface area contributed by atoms with Gasteiger partial charge in [0.15, 0.2) is 0 Å². The molecule has 2 atom stereocenters. The van der Waals surface area contributed by atoms with Crippen LogP contribution in [0.2, 0.25) is 0 Å². The molecule has 16 heavy (non-hydrogen) atoms. The largest absolute Gasteiger partial charge is 0.376 e. The van der Waals surface area contributed by atoms with Gasteiger partial charge in [-0.1, -0.05) is 0 Å². The molecule has 1 fully saturated rings. The van der Waals surface area contributed by atoms with Crippen LogP contribution in [0.15, 0.2) is 10.7 Å². The Hall–Kier alpha value is -0.390. The van der Waals surface area contributed by atoms with Crippen molar-refractivity contribution in [3.8, 4) is 0 Å². The van der Waals surface area contributed by atoms with Gasteiger partial charge in [-0.2, -0.15) is 5.10 Å². The first-order valence-corrected chi connectivity index (χ1v) is 6.50. The van der Waals surface area contributed by atoms with Crippen molar-refractivity contribution in [2.45, 2.75) is 44.9 Å². The van der Waals surface area contributed by atoms with Crippen LogP contribution in [0.1, 0.15) is 44.5 Å². The van der Waals surface area contributed by atoms with Gasteiger partial charge in [0, 0.05) is 12.6 Å². The van der Waals surface area contributed by atoms with E-state index in [2.05, 4.69) is 34.9 Å². The summed E-state index contributed by atoms with van der Waals surface area (Å²) < 4.78 is 8.59. The highest BCUT2D eigenvalue weighted by Crippen LogP contribution is 2.31. The number of hydrogen-bond donors (Lipinski definition) is 1. The quantitative estimate of drug-likeness (QED) is 0.929. The second kappa shape index (κ2) is 4.85. The van der Waals surface area contributed by atoms with E-state index < -0.39 is 0 Å². The average Bonchev–Trinajstić information content (AvgIpc) is 2.84. The first-order chi connectivity index (χ1) is 7.61. The van der Waals surface area contributed by atoms with E-state index in [1.165, 1.54) is 0 Å². The normalized spacial score (nSPS) is 22.9. The molecule has 0 bridgehead atoms. The maximum Gasteiger partial charge on any atom is 0.0784 e. The van der Waals surface area contributed by atoms with Crippen LogP contribution in [0.25, 0.3) is 0 Å². The number of hydrogen-bond acceptors (Lipinski definition) is 3. The van der Waals surface area contributed by atoms with Crippen LogP contribution in [0.5, 0.6) is 0 Å². The van der Waals surface area contributed by atoms with Crippen molar-refractivity contribution < 1.29 is 4.74 Å². The minimum absolute atomic E-state index is 0.0956. The highest BCUT2D eigenvalue weighted by atomic mass is 79.9. The molecule has 1 saturated heterocycles. The highest BCUT2D eigenvalue weighted by molar-refractivity contribution is 9.10. The second-order valence-corrected chi connectivity index (χ2v) is 5.35. The van der Waals surface area contributed by atoms with Gasteiger partial charge in [-0.15, -0.1) is 0 Å². The monoisotopic (exact) mass is 287 g/mol. The fraction of sp³-hybridized carbons (Fsp3) is 0.727. The number of nitrogens with two attached hydrogens (primary N) is 1. The van der Waals surface area contributed by atoms with E-state index in [9.17, 15) is 0 Å². The molecule has 2 heterocycles. The molecule has 2 N–H and O–H groups in total. The van der Waals surface area contributed by atoms with Gasteiger partial charge in [-0.05, 0) is 42.6 Å². The Bertz CT molecular complexity index is 358. The Morgan fingerprint density at radius 3 is 2.94 bits per heavy atom. The minimum Gasteiger partial charge on any atom is -0.376 e. The summed E-state index contributed by atoms with van der Waals surface area (Å²) in [6, 6.07) is 0.218. The van der Waals surface area contributed by atoms with Gasteiger partial charge in [0.25, 0.3) is 0 Å². The zero-order chi connectivity index (χ0) is 11.7. The van der Waals surface area contributed by atoms with Gasteiger partial charge >= 0.3 is 0 Å². The van der Waals surface area contributed by atoms with Gasteiger partial charge in [-0.3, -0.25) is 4.68 Å². The molecule has 1 aliphatic heterocycles. The summed E-state index contributed by atoms with van der Waals surface area (Å²) in [6.45, 7) is 5.03. The summed E-state index contributed by atoms with van der Waals surface area (Å²) in [4.78, 5) is 0. The molecule has 0 amide bonds. The summed E-state index contributed by atoms with van der Waals surface area (Å²) in [5, 5.41) is 4.34. The molecular formula is C11H18BrN3O. The van der Waals surface area contributed by atoms with E-state index in [1.807, 2.05) is 10.9 Å². The number of nitrogens with zero attached hydrogens (tertiary/aromatic N) is 2. The second-order valence-electron chi connectivity index (χ2n) is 4.49. The topological polar surface area (TPSA) is 53.1 Å². The molecule has 1 aromatic rings. The summed E-state index contributed by atoms with van der Waals surface area (Å²) in [5.41, 5.74) is 7.31. The van der Waals surface area contributed by atoms with Crippen molar-refractivity contribution in [3.63, 3.8) is 0 Å². The van der Waals surface area contributed by atoms with E-state index in [0.29, 0.717) is 6.04 Å². The predicted molar refractivity (Wildman–Crippen MR) is 66.2 cm³/mol. The lowest BCUT2D eigenvalue weighted by Crippen LogP contribution is -2.29. The first kappa shape index (κ1) is 12.1. The molecular weight excluding hydrogens is 270 g/mol. The molecule has 0 aromatic carbocycles. The molecule has 2 rings (SSSR count). The van der Waals surface area contributed by atoms with E-state index in [4.69, 9.17) is 10.5 Å². The van der Waals surface area contributed by atoms with Crippen LogP contribution < -0.4 is 5.73 Å². The zero-order valence-electron chi connectivity index (χ0n) is 9.69. The molecule has 4 nitrogen and oxygen atoms in total. The molecule has 0 saturated carbocycles. The summed E-state index contributed by atoms with van der Waals surface area (Å²) in [7, 11) is 0. The van der Waals surface area contributed by atoms with E-state index in [-0.39, 0.29) is 12.1 Å². The van der Waals surface area contributed by atoms with Crippen molar-refractivity contribution in [2.75, 3.05) is 6.61 Å². The van der Waals surface area contributed by atoms with Gasteiger partial charge in [-0.25, -0.2) is 0 Å². The van der Waals surface area contributed by atoms with Gasteiger partial charge < -0.3 is 10.5 Å². The average molecular weight is 288 g/mol. The standard InChI is InChI=1S/C11H18BrN3O/c1-7(2)15-11(8(12)6-14-15)10(13)9-4-3-5-16-9/h6-7,9-10H,3-5,13H2,1-2H3. The summed E-state index contributed by atoms with van der Waals surface area (Å²) >= 11 is 3.51. The van der Waals surface area contributed by atoms with Crippen molar-refractivity contribution in [1.82, 2.24) is 9.78 Å². The molecule has 1 aromatic heterocycles. The molecule has 2 unspecified atom stereocenters. The fourth-order valence-electron chi connectivity index (χ4n) is 2.14. The SMILES string of the molecule is CC(C)n1ncc(Br)c1C(N)C1CCCO1. The Morgan fingerprint density at radius 1 is 1.62 bits per heavy atom. The smallest absolute Gasteiger partial charge is 0.0784 e. The van der Waals surface area contributed by atoms with Crippen LogP contribution in [-0.2, 0) is 4.74 Å². The third kappa shape index (κ3) is 2.17. The minimum atomic E-state index is -0.0956. The van der Waals surface area contributed by atoms with Crippen molar-refractivity contribution in [1.29, 1.82) is 0 Å². The van der Waals surface area contributed by atoms with Crippen LogP contribution in [0.4, 0.5) is 0 Å². The van der Waals surface area contributed by atoms with Crippen molar-refractivity contribution in [3.05, 3.63) is 16.4 Å². The lowest BCUT2D eigenvalue weighted by atomic mass is 10.1. The Morgan fingerprint density at radius 2 is 2.38 bits per heavy atom. The first-order valence-electron chi connectivity index (χ1n) is 5.71. The zero-order valence-corrected chi connectivity index (χ0v) is 11.3. The highest BCUT2D eigenvalue weighted by Gasteiger charge is 2.29. The van der Waals surface area contributed by atoms with E-state index in [1.54, 1.807) is 0 Å². The Labute approximate surface area is 104 Å². The Balaban J connectivity index is 2.27. The maximum absolute atomic E-state index is 6.27. The lowest BCUT2D eigenvalue weighted by molar-refractivity contribution is 0.0870. The third-order valence-corrected chi connectivity index (χ3v) is 3.57. The van der Waals surface area contributed by atoms with Crippen LogP contribution >= 0.6 is 15.9 Å². The number of ether oxygens (including phenoxy) is 1. The van der Waals surface area contributed by atoms with E-state index >= 15 is 0 Å². The maximum atomic E-state index is 6.27. The van der Waals surface area contributed by atoms with Gasteiger partial charge in [0.05, 0.1) is 28.5 Å². The molecule has 1 aliphatic rings. The molecule has 0 aliphatic carbocycles. The van der Waals surface area contributed by atoms with Gasteiger partial charge in [0.1, 0.15) is 0 Å². The predicted octanol–water partition coefficient (Wildman–Crippen LogP) is 2.41. The Kier molecular flexibility index (Phi) is 3.66. The fourth-order valence-corrected chi connectivity index (χ4v) is 2.67. The van der Waals surface area contributed by atoms with Gasteiger partial charge in [0.2, 0.25) is 0 Å². The van der Waals surface area contributed by atoms with Crippen LogP contribution in [-0.4, -0.2) is 22.5 Å². The van der Waals surface area contributed by atoms with Crippen LogP contribution in [0.3, 0.4) is 0 Å². The molecule has 0 radical (unpaired) electrons. The van der Waals surface area contributed by atoms with Crippen molar-refractivity contribution >= 4 is 15.9 Å². The number of aromatic nitrogens is 2. The molecule has 5 heteroatoms. The summed E-state index contributed by atoms with van der Waals surface area (Å²) in [6.07, 6.45) is 4.08. The third-order valence-electron chi connectivity index (χ3n) is 2.96. The van der Waals surface area contributed by atoms with E-state index in [0.717, 1.165) is 29.6 Å². The lowest BCUT2D eigenvalue weighted by Gasteiger charge is -2.22. The van der Waals surface area contributed by atoms with Crippen molar-refractivity contribution in [2.24, 2.45) is 5.73 Å². The number of halogens is 1. The van der Waals surface area contributed by atoms with Crippen LogP contribution in [0, 0.1) is 0 Å².